The molecule has 0 aliphatic heterocycles. The molecule has 0 fully saturated rings. The summed E-state index contributed by atoms with van der Waals surface area (Å²) in [5.41, 5.74) is 2.09. The molecular formula is C16H13NO4. The summed E-state index contributed by atoms with van der Waals surface area (Å²) in [5, 5.41) is 20.2. The van der Waals surface area contributed by atoms with Gasteiger partial charge in [-0.05, 0) is 11.6 Å². The Kier molecular flexibility index (Phi) is 3.10. The van der Waals surface area contributed by atoms with Crippen molar-refractivity contribution in [3.63, 3.8) is 0 Å². The third-order valence-electron chi connectivity index (χ3n) is 3.63. The molecule has 0 bridgehead atoms. The van der Waals surface area contributed by atoms with E-state index in [0.29, 0.717) is 11.1 Å². The first kappa shape index (κ1) is 13.2. The van der Waals surface area contributed by atoms with Crippen molar-refractivity contribution in [2.24, 2.45) is 0 Å². The minimum atomic E-state index is -1.14. The van der Waals surface area contributed by atoms with Crippen LogP contribution in [-0.2, 0) is 9.59 Å². The van der Waals surface area contributed by atoms with E-state index in [9.17, 15) is 14.7 Å². The number of aromatic nitrogens is 1. The van der Waals surface area contributed by atoms with Gasteiger partial charge in [0.05, 0.1) is 17.9 Å². The predicted octanol–water partition coefficient (Wildman–Crippen LogP) is 2.96. The monoisotopic (exact) mass is 283 g/mol. The van der Waals surface area contributed by atoms with Crippen molar-refractivity contribution in [2.75, 3.05) is 0 Å². The van der Waals surface area contributed by atoms with Gasteiger partial charge in [0.25, 0.3) is 0 Å². The Morgan fingerprint density at radius 1 is 1.00 bits per heavy atom. The summed E-state index contributed by atoms with van der Waals surface area (Å²) in [6.07, 6.45) is -0.441. The summed E-state index contributed by atoms with van der Waals surface area (Å²) in [4.78, 5) is 25.5. The summed E-state index contributed by atoms with van der Waals surface area (Å²) in [7, 11) is 0. The van der Waals surface area contributed by atoms with Gasteiger partial charge in [-0.25, -0.2) is 0 Å². The van der Waals surface area contributed by atoms with E-state index in [0.717, 1.165) is 16.3 Å². The molecule has 1 heterocycles. The molecule has 5 nitrogen and oxygen atoms in total. The number of benzene rings is 2. The Labute approximate surface area is 119 Å². The highest BCUT2D eigenvalue weighted by atomic mass is 16.4. The minimum Gasteiger partial charge on any atom is -0.481 e. The van der Waals surface area contributed by atoms with Crippen LogP contribution in [0.15, 0.2) is 42.5 Å². The second kappa shape index (κ2) is 4.94. The molecule has 1 unspecified atom stereocenters. The standard InChI is InChI=1S/C16H13NO4/c18-14(19)8-12(16(20)21)11-6-3-5-10-9-4-1-2-7-13(9)17-15(10)11/h1-7,12,17H,8H2,(H,18,19)(H,20,21). The van der Waals surface area contributed by atoms with E-state index in [1.54, 1.807) is 12.1 Å². The van der Waals surface area contributed by atoms with Crippen LogP contribution in [0.5, 0.6) is 0 Å². The molecule has 1 atom stereocenters. The fourth-order valence-electron chi connectivity index (χ4n) is 2.69. The molecule has 1 aromatic heterocycles. The molecule has 2 aromatic carbocycles. The lowest BCUT2D eigenvalue weighted by Crippen LogP contribution is -2.16. The van der Waals surface area contributed by atoms with Crippen LogP contribution in [0.25, 0.3) is 21.8 Å². The van der Waals surface area contributed by atoms with Gasteiger partial charge >= 0.3 is 11.9 Å². The number of carbonyl (C=O) groups is 2. The maximum atomic E-state index is 11.4. The van der Waals surface area contributed by atoms with E-state index < -0.39 is 24.3 Å². The van der Waals surface area contributed by atoms with Crippen LogP contribution in [0.3, 0.4) is 0 Å². The maximum Gasteiger partial charge on any atom is 0.311 e. The highest BCUT2D eigenvalue weighted by Crippen LogP contribution is 2.32. The van der Waals surface area contributed by atoms with Gasteiger partial charge in [-0.3, -0.25) is 9.59 Å². The van der Waals surface area contributed by atoms with Gasteiger partial charge < -0.3 is 15.2 Å². The third-order valence-corrected chi connectivity index (χ3v) is 3.63. The lowest BCUT2D eigenvalue weighted by atomic mass is 9.94. The highest BCUT2D eigenvalue weighted by Gasteiger charge is 2.25. The molecule has 21 heavy (non-hydrogen) atoms. The zero-order valence-corrected chi connectivity index (χ0v) is 11.0. The Morgan fingerprint density at radius 2 is 1.71 bits per heavy atom. The number of carboxylic acids is 2. The highest BCUT2D eigenvalue weighted by molar-refractivity contribution is 6.09. The number of hydrogen-bond donors (Lipinski definition) is 3. The fourth-order valence-corrected chi connectivity index (χ4v) is 2.69. The van der Waals surface area contributed by atoms with Crippen molar-refractivity contribution in [2.45, 2.75) is 12.3 Å². The number of rotatable bonds is 4. The van der Waals surface area contributed by atoms with E-state index >= 15 is 0 Å². The molecule has 3 rings (SSSR count). The number of fused-ring (bicyclic) bond motifs is 3. The largest absolute Gasteiger partial charge is 0.481 e. The van der Waals surface area contributed by atoms with Crippen molar-refractivity contribution in [1.82, 2.24) is 4.98 Å². The normalized spacial score (nSPS) is 12.6. The number of para-hydroxylation sites is 2. The van der Waals surface area contributed by atoms with E-state index in [4.69, 9.17) is 5.11 Å². The minimum absolute atomic E-state index is 0.441. The zero-order valence-electron chi connectivity index (χ0n) is 11.0. The first-order valence-electron chi connectivity index (χ1n) is 6.52. The van der Waals surface area contributed by atoms with Gasteiger partial charge in [0, 0.05) is 16.3 Å². The number of aliphatic carboxylic acids is 2. The molecule has 3 aromatic rings. The van der Waals surface area contributed by atoms with Gasteiger partial charge in [-0.1, -0.05) is 36.4 Å². The summed E-state index contributed by atoms with van der Waals surface area (Å²) in [6, 6.07) is 13.0. The average molecular weight is 283 g/mol. The van der Waals surface area contributed by atoms with Crippen LogP contribution in [0.1, 0.15) is 17.9 Å². The Bertz CT molecular complexity index is 850. The molecular weight excluding hydrogens is 270 g/mol. The van der Waals surface area contributed by atoms with Crippen LogP contribution in [0.2, 0.25) is 0 Å². The molecule has 0 aliphatic rings. The van der Waals surface area contributed by atoms with E-state index in [2.05, 4.69) is 4.98 Å². The molecule has 0 saturated carbocycles. The molecule has 0 radical (unpaired) electrons. The van der Waals surface area contributed by atoms with Crippen molar-refractivity contribution in [1.29, 1.82) is 0 Å². The first-order chi connectivity index (χ1) is 10.1. The Morgan fingerprint density at radius 3 is 2.43 bits per heavy atom. The number of hydrogen-bond acceptors (Lipinski definition) is 2. The zero-order chi connectivity index (χ0) is 15.0. The average Bonchev–Trinajstić information content (AvgIpc) is 2.83. The lowest BCUT2D eigenvalue weighted by Gasteiger charge is -2.11. The van der Waals surface area contributed by atoms with Gasteiger partial charge in [-0.2, -0.15) is 0 Å². The van der Waals surface area contributed by atoms with Crippen LogP contribution < -0.4 is 0 Å². The predicted molar refractivity (Wildman–Crippen MR) is 78.4 cm³/mol. The van der Waals surface area contributed by atoms with Gasteiger partial charge in [0.15, 0.2) is 0 Å². The Hall–Kier alpha value is -2.82. The molecule has 0 amide bonds. The summed E-state index contributed by atoms with van der Waals surface area (Å²) in [5.74, 6) is -3.33. The number of nitrogens with one attached hydrogen (secondary N) is 1. The van der Waals surface area contributed by atoms with Crippen molar-refractivity contribution < 1.29 is 19.8 Å². The topological polar surface area (TPSA) is 90.4 Å². The van der Waals surface area contributed by atoms with Crippen LogP contribution in [-0.4, -0.2) is 27.1 Å². The first-order valence-corrected chi connectivity index (χ1v) is 6.52. The van der Waals surface area contributed by atoms with Crippen molar-refractivity contribution in [3.05, 3.63) is 48.0 Å². The summed E-state index contributed by atoms with van der Waals surface area (Å²) < 4.78 is 0. The summed E-state index contributed by atoms with van der Waals surface area (Å²) in [6.45, 7) is 0. The van der Waals surface area contributed by atoms with Crippen molar-refractivity contribution in [3.8, 4) is 0 Å². The summed E-state index contributed by atoms with van der Waals surface area (Å²) >= 11 is 0. The molecule has 106 valence electrons. The van der Waals surface area contributed by atoms with Crippen LogP contribution in [0, 0.1) is 0 Å². The van der Waals surface area contributed by atoms with E-state index in [1.165, 1.54) is 0 Å². The quantitative estimate of drug-likeness (QED) is 0.686. The molecule has 3 N–H and O–H groups in total. The second-order valence-corrected chi connectivity index (χ2v) is 4.93. The van der Waals surface area contributed by atoms with Crippen LogP contribution >= 0.6 is 0 Å². The lowest BCUT2D eigenvalue weighted by molar-refractivity contribution is -0.145. The van der Waals surface area contributed by atoms with Gasteiger partial charge in [0.1, 0.15) is 0 Å². The van der Waals surface area contributed by atoms with Gasteiger partial charge in [0.2, 0.25) is 0 Å². The maximum absolute atomic E-state index is 11.4. The molecule has 0 aliphatic carbocycles. The van der Waals surface area contributed by atoms with E-state index in [1.807, 2.05) is 30.3 Å². The number of aromatic amines is 1. The van der Waals surface area contributed by atoms with Gasteiger partial charge in [-0.15, -0.1) is 0 Å². The number of carboxylic acid groups (broad SMARTS) is 2. The SMILES string of the molecule is O=C(O)CC(C(=O)O)c1cccc2c1[nH]c1ccccc12. The fraction of sp³-hybridized carbons (Fsp3) is 0.125. The molecule has 0 saturated heterocycles. The molecule has 0 spiro atoms. The van der Waals surface area contributed by atoms with Crippen molar-refractivity contribution >= 4 is 33.7 Å². The smallest absolute Gasteiger partial charge is 0.311 e. The second-order valence-electron chi connectivity index (χ2n) is 4.93. The van der Waals surface area contributed by atoms with E-state index in [-0.39, 0.29) is 0 Å². The Balaban J connectivity index is 2.26. The molecule has 5 heteroatoms. The third kappa shape index (κ3) is 2.23. The van der Waals surface area contributed by atoms with Crippen LogP contribution in [0.4, 0.5) is 0 Å². The number of H-pyrrole nitrogens is 1.